The summed E-state index contributed by atoms with van der Waals surface area (Å²) >= 11 is 0. The Morgan fingerprint density at radius 2 is 1.68 bits per heavy atom. The van der Waals surface area contributed by atoms with Crippen LogP contribution in [-0.4, -0.2) is 34.6 Å². The van der Waals surface area contributed by atoms with E-state index in [1.54, 1.807) is 0 Å². The highest BCUT2D eigenvalue weighted by molar-refractivity contribution is 5.68. The molecule has 0 spiro atoms. The SMILES string of the molecule is CC1(C)CCCC(CC(=O)O)(N2CCCCCC2)C1. The molecule has 1 N–H and O–H groups in total. The van der Waals surface area contributed by atoms with E-state index in [1.807, 2.05) is 0 Å². The van der Waals surface area contributed by atoms with Crippen LogP contribution in [0.1, 0.15) is 71.6 Å². The van der Waals surface area contributed by atoms with E-state index in [0.29, 0.717) is 11.8 Å². The van der Waals surface area contributed by atoms with Crippen molar-refractivity contribution in [1.82, 2.24) is 4.90 Å². The molecule has 19 heavy (non-hydrogen) atoms. The van der Waals surface area contributed by atoms with Crippen molar-refractivity contribution in [3.8, 4) is 0 Å². The Balaban J connectivity index is 2.19. The lowest BCUT2D eigenvalue weighted by Gasteiger charge is -2.50. The van der Waals surface area contributed by atoms with Crippen LogP contribution in [0.5, 0.6) is 0 Å². The summed E-state index contributed by atoms with van der Waals surface area (Å²) in [6.45, 7) is 6.81. The number of nitrogens with zero attached hydrogens (tertiary/aromatic N) is 1. The van der Waals surface area contributed by atoms with E-state index in [1.165, 1.54) is 38.5 Å². The number of carboxylic acids is 1. The molecule has 0 aromatic rings. The van der Waals surface area contributed by atoms with Gasteiger partial charge in [0.1, 0.15) is 0 Å². The van der Waals surface area contributed by atoms with E-state index in [-0.39, 0.29) is 5.54 Å². The third kappa shape index (κ3) is 3.71. The molecule has 0 aromatic carbocycles. The summed E-state index contributed by atoms with van der Waals surface area (Å²) in [6.07, 6.45) is 9.96. The molecule has 2 aliphatic rings. The summed E-state index contributed by atoms with van der Waals surface area (Å²) in [5, 5.41) is 9.38. The molecule has 1 unspecified atom stereocenters. The maximum atomic E-state index is 11.4. The molecule has 3 nitrogen and oxygen atoms in total. The number of carboxylic acid groups (broad SMARTS) is 1. The van der Waals surface area contributed by atoms with Crippen molar-refractivity contribution in [1.29, 1.82) is 0 Å². The maximum absolute atomic E-state index is 11.4. The van der Waals surface area contributed by atoms with Gasteiger partial charge in [-0.15, -0.1) is 0 Å². The van der Waals surface area contributed by atoms with Gasteiger partial charge in [-0.2, -0.15) is 0 Å². The van der Waals surface area contributed by atoms with Gasteiger partial charge in [-0.25, -0.2) is 0 Å². The summed E-state index contributed by atoms with van der Waals surface area (Å²) in [7, 11) is 0. The van der Waals surface area contributed by atoms with Crippen molar-refractivity contribution in [3.05, 3.63) is 0 Å². The smallest absolute Gasteiger partial charge is 0.305 e. The standard InChI is InChI=1S/C16H29NO2/c1-15(2)8-7-9-16(13-15,12-14(18)19)17-10-5-3-4-6-11-17/h3-13H2,1-2H3,(H,18,19). The van der Waals surface area contributed by atoms with Gasteiger partial charge in [-0.05, 0) is 50.6 Å². The first-order valence-corrected chi connectivity index (χ1v) is 7.91. The van der Waals surface area contributed by atoms with E-state index in [2.05, 4.69) is 18.7 Å². The number of rotatable bonds is 3. The number of hydrogen-bond donors (Lipinski definition) is 1. The number of aliphatic carboxylic acids is 1. The van der Waals surface area contributed by atoms with Crippen LogP contribution in [0.3, 0.4) is 0 Å². The molecule has 0 bridgehead atoms. The summed E-state index contributed by atoms with van der Waals surface area (Å²) in [5.41, 5.74) is 0.220. The zero-order chi connectivity index (χ0) is 13.9. The minimum atomic E-state index is -0.623. The lowest BCUT2D eigenvalue weighted by Crippen LogP contribution is -2.54. The molecule has 1 aliphatic heterocycles. The second kappa shape index (κ2) is 5.82. The fourth-order valence-electron chi connectivity index (χ4n) is 4.32. The van der Waals surface area contributed by atoms with Crippen LogP contribution in [0, 0.1) is 5.41 Å². The summed E-state index contributed by atoms with van der Waals surface area (Å²) < 4.78 is 0. The highest BCUT2D eigenvalue weighted by Gasteiger charge is 2.45. The number of carbonyl (C=O) groups is 1. The van der Waals surface area contributed by atoms with Crippen molar-refractivity contribution in [3.63, 3.8) is 0 Å². The van der Waals surface area contributed by atoms with Crippen LogP contribution in [0.2, 0.25) is 0 Å². The van der Waals surface area contributed by atoms with Crippen LogP contribution in [-0.2, 0) is 4.79 Å². The van der Waals surface area contributed by atoms with Gasteiger partial charge >= 0.3 is 5.97 Å². The van der Waals surface area contributed by atoms with Gasteiger partial charge < -0.3 is 5.11 Å². The van der Waals surface area contributed by atoms with Gasteiger partial charge in [-0.1, -0.05) is 33.1 Å². The highest BCUT2D eigenvalue weighted by atomic mass is 16.4. The number of hydrogen-bond acceptors (Lipinski definition) is 2. The lowest BCUT2D eigenvalue weighted by molar-refractivity contribution is -0.142. The Bertz CT molecular complexity index is 319. The van der Waals surface area contributed by atoms with E-state index >= 15 is 0 Å². The van der Waals surface area contributed by atoms with Gasteiger partial charge in [-0.3, -0.25) is 9.69 Å². The quantitative estimate of drug-likeness (QED) is 0.848. The van der Waals surface area contributed by atoms with Gasteiger partial charge in [0.2, 0.25) is 0 Å². The van der Waals surface area contributed by atoms with Gasteiger partial charge in [0.05, 0.1) is 6.42 Å². The topological polar surface area (TPSA) is 40.5 Å². The molecule has 0 radical (unpaired) electrons. The van der Waals surface area contributed by atoms with Crippen LogP contribution in [0.4, 0.5) is 0 Å². The lowest BCUT2D eigenvalue weighted by atomic mass is 9.66. The molecule has 1 aliphatic carbocycles. The average molecular weight is 267 g/mol. The molecule has 0 amide bonds. The molecule has 2 fully saturated rings. The molecule has 2 rings (SSSR count). The minimum absolute atomic E-state index is 0.0715. The van der Waals surface area contributed by atoms with Crippen molar-refractivity contribution in [2.45, 2.75) is 77.2 Å². The summed E-state index contributed by atoms with van der Waals surface area (Å²) in [5.74, 6) is -0.623. The van der Waals surface area contributed by atoms with Crippen molar-refractivity contribution < 1.29 is 9.90 Å². The number of likely N-dealkylation sites (tertiary alicyclic amines) is 1. The molecule has 0 aromatic heterocycles. The molecule has 110 valence electrons. The van der Waals surface area contributed by atoms with Crippen LogP contribution in [0.25, 0.3) is 0 Å². The molecule has 1 saturated heterocycles. The first kappa shape index (κ1) is 14.8. The third-order valence-electron chi connectivity index (χ3n) is 5.06. The Labute approximate surface area is 117 Å². The minimum Gasteiger partial charge on any atom is -0.481 e. The van der Waals surface area contributed by atoms with Gasteiger partial charge in [0.25, 0.3) is 0 Å². The third-order valence-corrected chi connectivity index (χ3v) is 5.06. The highest BCUT2D eigenvalue weighted by Crippen LogP contribution is 2.46. The zero-order valence-corrected chi connectivity index (χ0v) is 12.6. The summed E-state index contributed by atoms with van der Waals surface area (Å²) in [6, 6.07) is 0. The fourth-order valence-corrected chi connectivity index (χ4v) is 4.32. The predicted molar refractivity (Wildman–Crippen MR) is 77.3 cm³/mol. The maximum Gasteiger partial charge on any atom is 0.305 e. The Kier molecular flexibility index (Phi) is 4.54. The van der Waals surface area contributed by atoms with Gasteiger partial charge in [0.15, 0.2) is 0 Å². The Morgan fingerprint density at radius 3 is 2.21 bits per heavy atom. The van der Waals surface area contributed by atoms with Crippen LogP contribution >= 0.6 is 0 Å². The molecule has 1 heterocycles. The first-order valence-electron chi connectivity index (χ1n) is 7.91. The zero-order valence-electron chi connectivity index (χ0n) is 12.6. The van der Waals surface area contributed by atoms with Gasteiger partial charge in [0, 0.05) is 5.54 Å². The first-order chi connectivity index (χ1) is 8.94. The molecular weight excluding hydrogens is 238 g/mol. The Hall–Kier alpha value is -0.570. The molecular formula is C16H29NO2. The van der Waals surface area contributed by atoms with E-state index < -0.39 is 5.97 Å². The second-order valence-corrected chi connectivity index (χ2v) is 7.39. The molecule has 3 heteroatoms. The van der Waals surface area contributed by atoms with Crippen molar-refractivity contribution in [2.24, 2.45) is 5.41 Å². The predicted octanol–water partition coefficient (Wildman–Crippen LogP) is 3.68. The van der Waals surface area contributed by atoms with Crippen LogP contribution < -0.4 is 0 Å². The van der Waals surface area contributed by atoms with Crippen LogP contribution in [0.15, 0.2) is 0 Å². The molecule has 1 atom stereocenters. The fraction of sp³-hybridized carbons (Fsp3) is 0.938. The largest absolute Gasteiger partial charge is 0.481 e. The monoisotopic (exact) mass is 267 g/mol. The Morgan fingerprint density at radius 1 is 1.05 bits per heavy atom. The molecule has 1 saturated carbocycles. The normalized spacial score (nSPS) is 32.7. The second-order valence-electron chi connectivity index (χ2n) is 7.39. The van der Waals surface area contributed by atoms with E-state index in [0.717, 1.165) is 25.9 Å². The van der Waals surface area contributed by atoms with Crippen molar-refractivity contribution >= 4 is 5.97 Å². The average Bonchev–Trinajstić information content (AvgIpc) is 2.55. The van der Waals surface area contributed by atoms with Crippen molar-refractivity contribution in [2.75, 3.05) is 13.1 Å². The van der Waals surface area contributed by atoms with E-state index in [4.69, 9.17) is 0 Å². The summed E-state index contributed by atoms with van der Waals surface area (Å²) in [4.78, 5) is 13.9. The van der Waals surface area contributed by atoms with E-state index in [9.17, 15) is 9.90 Å².